The number of hydrogen-bond acceptors (Lipinski definition) is 2. The molecule has 0 saturated heterocycles. The van der Waals surface area contributed by atoms with Crippen molar-refractivity contribution in [1.29, 1.82) is 0 Å². The van der Waals surface area contributed by atoms with Crippen molar-refractivity contribution < 1.29 is 4.52 Å². The largest absolute Gasteiger partial charge is 0.361 e. The highest BCUT2D eigenvalue weighted by atomic mass is 16.5. The van der Waals surface area contributed by atoms with E-state index < -0.39 is 0 Å². The molecule has 0 spiro atoms. The van der Waals surface area contributed by atoms with Gasteiger partial charge in [0, 0.05) is 12.0 Å². The molecule has 0 unspecified atom stereocenters. The van der Waals surface area contributed by atoms with Gasteiger partial charge in [-0.15, -0.1) is 0 Å². The Kier molecular flexibility index (Phi) is 2.32. The average Bonchev–Trinajstić information content (AvgIpc) is 2.30. The Morgan fingerprint density at radius 2 is 2.09 bits per heavy atom. The van der Waals surface area contributed by atoms with Gasteiger partial charge in [0.2, 0.25) is 0 Å². The van der Waals surface area contributed by atoms with Gasteiger partial charge in [0.25, 0.3) is 0 Å². The van der Waals surface area contributed by atoms with E-state index in [1.165, 1.54) is 5.56 Å². The van der Waals surface area contributed by atoms with E-state index >= 15 is 0 Å². The van der Waals surface area contributed by atoms with E-state index in [2.05, 4.69) is 32.9 Å². The zero-order chi connectivity index (χ0) is 8.43. The van der Waals surface area contributed by atoms with Crippen LogP contribution in [0.1, 0.15) is 43.7 Å². The van der Waals surface area contributed by atoms with Crippen molar-refractivity contribution in [3.63, 3.8) is 0 Å². The Balaban J connectivity index is 3.00. The van der Waals surface area contributed by atoms with E-state index in [1.807, 2.05) is 0 Å². The van der Waals surface area contributed by atoms with Crippen LogP contribution in [-0.2, 0) is 6.42 Å². The molecular weight excluding hydrogens is 138 g/mol. The van der Waals surface area contributed by atoms with Crippen LogP contribution in [0.15, 0.2) is 4.52 Å². The molecule has 11 heavy (non-hydrogen) atoms. The molecule has 0 bridgehead atoms. The van der Waals surface area contributed by atoms with Gasteiger partial charge in [-0.2, -0.15) is 0 Å². The molecule has 2 heteroatoms. The minimum atomic E-state index is 0.471. The molecule has 1 aromatic heterocycles. The highest BCUT2D eigenvalue weighted by Gasteiger charge is 2.12. The zero-order valence-electron chi connectivity index (χ0n) is 7.64. The molecule has 0 aliphatic carbocycles. The predicted molar refractivity (Wildman–Crippen MR) is 44.7 cm³/mol. The molecule has 62 valence electrons. The van der Waals surface area contributed by atoms with Gasteiger partial charge in [-0.05, 0) is 12.8 Å². The van der Waals surface area contributed by atoms with Crippen LogP contribution in [0.2, 0.25) is 0 Å². The number of aromatic nitrogens is 1. The molecule has 0 atom stereocenters. The molecule has 0 N–H and O–H groups in total. The fraction of sp³-hybridized carbons (Fsp3) is 0.667. The van der Waals surface area contributed by atoms with Crippen LogP contribution >= 0.6 is 0 Å². The molecule has 0 amide bonds. The summed E-state index contributed by atoms with van der Waals surface area (Å²) in [5, 5.41) is 4.01. The maximum Gasteiger partial charge on any atom is 0.139 e. The summed E-state index contributed by atoms with van der Waals surface area (Å²) in [4.78, 5) is 0. The van der Waals surface area contributed by atoms with Gasteiger partial charge in [-0.25, -0.2) is 0 Å². The normalized spacial score (nSPS) is 11.0. The van der Waals surface area contributed by atoms with E-state index in [1.54, 1.807) is 0 Å². The van der Waals surface area contributed by atoms with Crippen LogP contribution in [-0.4, -0.2) is 5.16 Å². The molecule has 0 fully saturated rings. The minimum absolute atomic E-state index is 0.471. The van der Waals surface area contributed by atoms with Crippen molar-refractivity contribution in [3.8, 4) is 0 Å². The number of nitrogens with zero attached hydrogens (tertiary/aromatic N) is 1. The molecular formula is C9H15NO. The maximum absolute atomic E-state index is 5.16. The molecule has 1 aromatic rings. The average molecular weight is 153 g/mol. The third-order valence-corrected chi connectivity index (χ3v) is 1.92. The summed E-state index contributed by atoms with van der Waals surface area (Å²) in [7, 11) is 0. The molecule has 0 saturated carbocycles. The lowest BCUT2D eigenvalue weighted by Gasteiger charge is -1.98. The molecule has 2 nitrogen and oxygen atoms in total. The first-order valence-electron chi connectivity index (χ1n) is 4.11. The standard InChI is InChI=1S/C9H15NO/c1-5-8-7(4)9(6(2)3)10-11-8/h6H,5H2,1-4H3. The summed E-state index contributed by atoms with van der Waals surface area (Å²) in [6, 6.07) is 0. The summed E-state index contributed by atoms with van der Waals surface area (Å²) in [6.07, 6.45) is 0.936. The zero-order valence-corrected chi connectivity index (χ0v) is 7.64. The number of aryl methyl sites for hydroxylation is 1. The molecule has 1 heterocycles. The molecule has 0 aliphatic heterocycles. The van der Waals surface area contributed by atoms with Crippen molar-refractivity contribution in [2.24, 2.45) is 0 Å². The van der Waals surface area contributed by atoms with Gasteiger partial charge in [0.15, 0.2) is 0 Å². The highest BCUT2D eigenvalue weighted by molar-refractivity contribution is 5.23. The van der Waals surface area contributed by atoms with Crippen molar-refractivity contribution >= 4 is 0 Å². The first-order chi connectivity index (χ1) is 5.16. The highest BCUT2D eigenvalue weighted by Crippen LogP contribution is 2.20. The SMILES string of the molecule is CCc1onc(C(C)C)c1C. The van der Waals surface area contributed by atoms with E-state index in [4.69, 9.17) is 4.52 Å². The Labute approximate surface area is 67.6 Å². The van der Waals surface area contributed by atoms with E-state index in [0.29, 0.717) is 5.92 Å². The second kappa shape index (κ2) is 3.07. The van der Waals surface area contributed by atoms with Crippen molar-refractivity contribution in [1.82, 2.24) is 5.16 Å². The van der Waals surface area contributed by atoms with Gasteiger partial charge in [0.1, 0.15) is 5.76 Å². The predicted octanol–water partition coefficient (Wildman–Crippen LogP) is 2.67. The Hall–Kier alpha value is -0.790. The molecule has 1 rings (SSSR count). The van der Waals surface area contributed by atoms with Gasteiger partial charge >= 0.3 is 0 Å². The third-order valence-electron chi connectivity index (χ3n) is 1.92. The second-order valence-electron chi connectivity index (χ2n) is 3.12. The topological polar surface area (TPSA) is 26.0 Å². The smallest absolute Gasteiger partial charge is 0.139 e. The quantitative estimate of drug-likeness (QED) is 0.652. The van der Waals surface area contributed by atoms with Gasteiger partial charge in [0.05, 0.1) is 5.69 Å². The van der Waals surface area contributed by atoms with Crippen molar-refractivity contribution in [3.05, 3.63) is 17.0 Å². The summed E-state index contributed by atoms with van der Waals surface area (Å²) in [5.74, 6) is 1.49. The minimum Gasteiger partial charge on any atom is -0.361 e. The van der Waals surface area contributed by atoms with Crippen LogP contribution in [0, 0.1) is 6.92 Å². The van der Waals surface area contributed by atoms with Crippen molar-refractivity contribution in [2.45, 2.75) is 40.0 Å². The summed E-state index contributed by atoms with van der Waals surface area (Å²) in [6.45, 7) is 8.41. The molecule has 0 aromatic carbocycles. The Morgan fingerprint density at radius 3 is 2.36 bits per heavy atom. The third kappa shape index (κ3) is 1.44. The van der Waals surface area contributed by atoms with Crippen LogP contribution in [0.5, 0.6) is 0 Å². The fourth-order valence-corrected chi connectivity index (χ4v) is 1.25. The van der Waals surface area contributed by atoms with E-state index in [9.17, 15) is 0 Å². The summed E-state index contributed by atoms with van der Waals surface area (Å²) >= 11 is 0. The summed E-state index contributed by atoms with van der Waals surface area (Å²) < 4.78 is 5.16. The van der Waals surface area contributed by atoms with Crippen LogP contribution in [0.3, 0.4) is 0 Å². The second-order valence-corrected chi connectivity index (χ2v) is 3.12. The van der Waals surface area contributed by atoms with Crippen LogP contribution in [0.4, 0.5) is 0 Å². The number of rotatable bonds is 2. The van der Waals surface area contributed by atoms with Crippen molar-refractivity contribution in [2.75, 3.05) is 0 Å². The monoisotopic (exact) mass is 153 g/mol. The lowest BCUT2D eigenvalue weighted by Crippen LogP contribution is -1.90. The maximum atomic E-state index is 5.16. The molecule has 0 aliphatic rings. The van der Waals surface area contributed by atoms with Gasteiger partial charge < -0.3 is 4.52 Å². The summed E-state index contributed by atoms with van der Waals surface area (Å²) in [5.41, 5.74) is 2.32. The lowest BCUT2D eigenvalue weighted by atomic mass is 10.0. The van der Waals surface area contributed by atoms with Crippen LogP contribution in [0.25, 0.3) is 0 Å². The molecule has 0 radical (unpaired) electrons. The van der Waals surface area contributed by atoms with Crippen LogP contribution < -0.4 is 0 Å². The number of hydrogen-bond donors (Lipinski definition) is 0. The van der Waals surface area contributed by atoms with E-state index in [0.717, 1.165) is 17.9 Å². The van der Waals surface area contributed by atoms with E-state index in [-0.39, 0.29) is 0 Å². The fourth-order valence-electron chi connectivity index (χ4n) is 1.25. The van der Waals surface area contributed by atoms with Gasteiger partial charge in [-0.1, -0.05) is 25.9 Å². The first-order valence-corrected chi connectivity index (χ1v) is 4.11. The Morgan fingerprint density at radius 1 is 1.45 bits per heavy atom. The first kappa shape index (κ1) is 8.31. The lowest BCUT2D eigenvalue weighted by molar-refractivity contribution is 0.377. The Bertz CT molecular complexity index is 238. The van der Waals surface area contributed by atoms with Gasteiger partial charge in [-0.3, -0.25) is 0 Å².